The highest BCUT2D eigenvalue weighted by Gasteiger charge is 2.03. The van der Waals surface area contributed by atoms with Crippen LogP contribution in [0.25, 0.3) is 0 Å². The maximum atomic E-state index is 11.1. The molecule has 0 saturated heterocycles. The Labute approximate surface area is 111 Å². The summed E-state index contributed by atoms with van der Waals surface area (Å²) in [7, 11) is 1.00. The molecule has 0 spiro atoms. The number of phenolic OH excluding ortho intramolecular Hbond substituents is 1. The number of nitrogens with one attached hydrogen (secondary N) is 1. The first-order chi connectivity index (χ1) is 7.13. The molecule has 0 aliphatic rings. The third-order valence-electron chi connectivity index (χ3n) is 1.81. The van der Waals surface area contributed by atoms with Crippen LogP contribution >= 0.6 is 45.2 Å². The molecule has 0 aliphatic heterocycles. The molecule has 0 heterocycles. The van der Waals surface area contributed by atoms with Gasteiger partial charge in [-0.2, -0.15) is 0 Å². The Morgan fingerprint density at radius 3 is 2.93 bits per heavy atom. The minimum Gasteiger partial charge on any atom is -0.507 e. The molecule has 6 heteroatoms. The smallest absolute Gasteiger partial charge is 0.230 e. The van der Waals surface area contributed by atoms with Crippen molar-refractivity contribution in [1.29, 1.82) is 0 Å². The van der Waals surface area contributed by atoms with E-state index in [1.54, 1.807) is 6.07 Å². The Hall–Kier alpha value is -0.0800. The first-order valence-electron chi connectivity index (χ1n) is 4.20. The molecule has 0 aromatic heterocycles. The molecule has 15 heavy (non-hydrogen) atoms. The zero-order valence-corrected chi connectivity index (χ0v) is 11.6. The number of phenols is 1. The number of amides is 1. The van der Waals surface area contributed by atoms with E-state index in [9.17, 15) is 9.90 Å². The van der Waals surface area contributed by atoms with E-state index in [2.05, 4.69) is 39.0 Å². The summed E-state index contributed by atoms with van der Waals surface area (Å²) in [6.07, 6.45) is 1.09. The lowest BCUT2D eigenvalue weighted by molar-refractivity contribution is -0.119. The number of thiol groups is 1. The van der Waals surface area contributed by atoms with Crippen molar-refractivity contribution in [2.45, 2.75) is 12.8 Å². The van der Waals surface area contributed by atoms with Gasteiger partial charge in [-0.25, -0.2) is 0 Å². The van der Waals surface area contributed by atoms with Gasteiger partial charge < -0.3 is 5.11 Å². The molecule has 0 bridgehead atoms. The molecule has 1 aromatic rings. The molecule has 0 radical (unpaired) electrons. The van der Waals surface area contributed by atoms with Crippen molar-refractivity contribution in [1.82, 2.24) is 4.72 Å². The first kappa shape index (κ1) is 13.0. The van der Waals surface area contributed by atoms with Gasteiger partial charge in [0.2, 0.25) is 5.91 Å². The summed E-state index contributed by atoms with van der Waals surface area (Å²) in [5.41, 5.74) is 1.04. The highest BCUT2D eigenvalue weighted by Crippen LogP contribution is 2.20. The summed E-state index contributed by atoms with van der Waals surface area (Å²) >= 11 is 5.88. The highest BCUT2D eigenvalue weighted by molar-refractivity contribution is 14.1. The van der Waals surface area contributed by atoms with E-state index in [4.69, 9.17) is 0 Å². The van der Waals surface area contributed by atoms with Crippen LogP contribution in [0.3, 0.4) is 0 Å². The van der Waals surface area contributed by atoms with Crippen LogP contribution < -0.4 is 4.72 Å². The van der Waals surface area contributed by atoms with Crippen LogP contribution in [0.2, 0.25) is 0 Å². The van der Waals surface area contributed by atoms with E-state index < -0.39 is 0 Å². The molecule has 1 amide bonds. The van der Waals surface area contributed by atoms with Gasteiger partial charge in [-0.1, -0.05) is 17.7 Å². The van der Waals surface area contributed by atoms with Crippen molar-refractivity contribution in [2.24, 2.45) is 0 Å². The molecular weight excluding hydrogens is 345 g/mol. The molecule has 3 nitrogen and oxygen atoms in total. The Morgan fingerprint density at radius 1 is 1.60 bits per heavy atom. The Morgan fingerprint density at radius 2 is 2.33 bits per heavy atom. The molecule has 1 aromatic carbocycles. The fraction of sp³-hybridized carbons (Fsp3) is 0.222. The maximum absolute atomic E-state index is 11.1. The average Bonchev–Trinajstić information content (AvgIpc) is 2.20. The van der Waals surface area contributed by atoms with Gasteiger partial charge in [0.25, 0.3) is 0 Å². The number of aromatic hydroxyl groups is 1. The van der Waals surface area contributed by atoms with E-state index in [-0.39, 0.29) is 11.7 Å². The second-order valence-electron chi connectivity index (χ2n) is 2.90. The second kappa shape index (κ2) is 6.49. The van der Waals surface area contributed by atoms with Crippen LogP contribution in [0.15, 0.2) is 18.2 Å². The number of carbonyl (C=O) groups excluding carboxylic acids is 1. The minimum atomic E-state index is -0.0434. The number of aryl methyl sites for hydroxylation is 1. The number of carbonyl (C=O) groups is 1. The number of hydrogen-bond acceptors (Lipinski definition) is 4. The van der Waals surface area contributed by atoms with E-state index in [0.29, 0.717) is 12.8 Å². The van der Waals surface area contributed by atoms with Gasteiger partial charge in [0.1, 0.15) is 5.75 Å². The number of halogens is 1. The fourth-order valence-electron chi connectivity index (χ4n) is 1.07. The third-order valence-corrected chi connectivity index (χ3v) is 3.27. The topological polar surface area (TPSA) is 49.3 Å². The number of hydrogen-bond donors (Lipinski definition) is 3. The maximum Gasteiger partial charge on any atom is 0.230 e. The molecule has 2 N–H and O–H groups in total. The second-order valence-corrected chi connectivity index (χ2v) is 5.00. The molecule has 1 rings (SSSR count). The van der Waals surface area contributed by atoms with Crippen molar-refractivity contribution >= 4 is 51.1 Å². The Bertz CT molecular complexity index is 360. The Kier molecular flexibility index (Phi) is 5.62. The van der Waals surface area contributed by atoms with Crippen LogP contribution in [0.4, 0.5) is 0 Å². The normalized spacial score (nSPS) is 10.0. The fourth-order valence-corrected chi connectivity index (χ4v) is 2.15. The molecule has 0 saturated carbocycles. The lowest BCUT2D eigenvalue weighted by atomic mass is 10.1. The van der Waals surface area contributed by atoms with Crippen LogP contribution in [0.1, 0.15) is 12.0 Å². The van der Waals surface area contributed by atoms with Gasteiger partial charge in [0.15, 0.2) is 0 Å². The van der Waals surface area contributed by atoms with Gasteiger partial charge in [-0.15, -0.1) is 0 Å². The van der Waals surface area contributed by atoms with Crippen LogP contribution in [0, 0.1) is 3.57 Å². The number of benzene rings is 1. The van der Waals surface area contributed by atoms with Crippen molar-refractivity contribution in [3.8, 4) is 5.75 Å². The highest BCUT2D eigenvalue weighted by atomic mass is 127. The third kappa shape index (κ3) is 4.52. The summed E-state index contributed by atoms with van der Waals surface area (Å²) in [4.78, 5) is 11.1. The molecule has 82 valence electrons. The van der Waals surface area contributed by atoms with Crippen molar-refractivity contribution in [2.75, 3.05) is 0 Å². The lowest BCUT2D eigenvalue weighted by Gasteiger charge is -2.03. The van der Waals surface area contributed by atoms with Gasteiger partial charge >= 0.3 is 0 Å². The summed E-state index contributed by atoms with van der Waals surface area (Å²) in [6.45, 7) is 0. The molecule has 0 fully saturated rings. The SMILES string of the molecule is O=C(CCc1ccc(O)c(I)c1)NSS. The standard InChI is InChI=1S/C9H10INO2S2/c10-7-5-6(1-3-8(7)12)2-4-9(13)11-15-14/h1,3,5,12,14H,2,4H2,(H,11,13). The molecular formula is C9H10INO2S2. The summed E-state index contributed by atoms with van der Waals surface area (Å²) in [5.74, 6) is 0.229. The summed E-state index contributed by atoms with van der Waals surface area (Å²) in [5, 5.41) is 9.31. The van der Waals surface area contributed by atoms with Gasteiger partial charge in [-0.3, -0.25) is 9.52 Å². The van der Waals surface area contributed by atoms with Crippen LogP contribution in [-0.2, 0) is 11.2 Å². The predicted octanol–water partition coefficient (Wildman–Crippen LogP) is 2.54. The Balaban J connectivity index is 2.51. The molecule has 0 unspecified atom stereocenters. The van der Waals surface area contributed by atoms with Crippen LogP contribution in [-0.4, -0.2) is 11.0 Å². The molecule has 0 aliphatic carbocycles. The van der Waals surface area contributed by atoms with Gasteiger partial charge in [0, 0.05) is 17.4 Å². The number of rotatable bonds is 4. The van der Waals surface area contributed by atoms with E-state index in [0.717, 1.165) is 20.1 Å². The quantitative estimate of drug-likeness (QED) is 0.337. The van der Waals surface area contributed by atoms with Crippen LogP contribution in [0.5, 0.6) is 5.75 Å². The van der Waals surface area contributed by atoms with Gasteiger partial charge in [-0.05, 0) is 46.7 Å². The average molecular weight is 355 g/mol. The summed E-state index contributed by atoms with van der Waals surface area (Å²) in [6, 6.07) is 5.33. The monoisotopic (exact) mass is 355 g/mol. The zero-order valence-electron chi connectivity index (χ0n) is 7.74. The van der Waals surface area contributed by atoms with E-state index in [1.807, 2.05) is 12.1 Å². The van der Waals surface area contributed by atoms with Crippen molar-refractivity contribution < 1.29 is 9.90 Å². The largest absolute Gasteiger partial charge is 0.507 e. The first-order valence-corrected chi connectivity index (χ1v) is 7.15. The van der Waals surface area contributed by atoms with Crippen molar-refractivity contribution in [3.05, 3.63) is 27.3 Å². The van der Waals surface area contributed by atoms with E-state index in [1.165, 1.54) is 0 Å². The minimum absolute atomic E-state index is 0.0434. The zero-order chi connectivity index (χ0) is 11.3. The molecule has 0 atom stereocenters. The predicted molar refractivity (Wildman–Crippen MR) is 73.9 cm³/mol. The van der Waals surface area contributed by atoms with Crippen molar-refractivity contribution in [3.63, 3.8) is 0 Å². The van der Waals surface area contributed by atoms with Gasteiger partial charge in [0.05, 0.1) is 3.57 Å². The lowest BCUT2D eigenvalue weighted by Crippen LogP contribution is -2.14. The summed E-state index contributed by atoms with van der Waals surface area (Å²) < 4.78 is 3.33. The van der Waals surface area contributed by atoms with E-state index >= 15 is 0 Å².